The zero-order valence-electron chi connectivity index (χ0n) is 19.5. The fourth-order valence-corrected chi connectivity index (χ4v) is 1.07. The molecule has 0 fully saturated rings. The Morgan fingerprint density at radius 2 is 1.03 bits per heavy atom. The number of carbonyl (C=O) groups excluding carboxylic acids is 2. The van der Waals surface area contributed by atoms with Crippen molar-refractivity contribution in [2.24, 2.45) is 20.8 Å². The van der Waals surface area contributed by atoms with Crippen molar-refractivity contribution in [1.29, 1.82) is 0 Å². The molecular weight excluding hydrogens is 433 g/mol. The van der Waals surface area contributed by atoms with Gasteiger partial charge in [0.05, 0.1) is 22.8 Å². The number of aromatic nitrogens is 1. The van der Waals surface area contributed by atoms with Crippen LogP contribution in [0.2, 0.25) is 0 Å². The standard InChI is InChI=1S/C11H15N3.2C5H10O2.Co.H2O/c1-8(12-3)10-6-5-7-11(14-10)9(2)13-4;2*1-5(2,3)4(6)7;;/h5-7H,1-4H3;2*1-3H3,(H,6,7);;1H2/q;;;+2;/p-2. The van der Waals surface area contributed by atoms with Gasteiger partial charge in [-0.2, -0.15) is 0 Å². The molecule has 1 radical (unpaired) electrons. The molecule has 1 heterocycles. The molecule has 9 heteroatoms. The zero-order chi connectivity index (χ0) is 22.7. The molecule has 0 bridgehead atoms. The first-order valence-electron chi connectivity index (χ1n) is 8.85. The molecule has 0 aromatic carbocycles. The Balaban J connectivity index is -0.000000182. The van der Waals surface area contributed by atoms with Crippen molar-refractivity contribution in [3.8, 4) is 0 Å². The van der Waals surface area contributed by atoms with Gasteiger partial charge in [0.2, 0.25) is 0 Å². The molecule has 1 aromatic rings. The maximum atomic E-state index is 9.91. The minimum Gasteiger partial charge on any atom is -0.550 e. The fraction of sp³-hybridized carbons (Fsp3) is 0.571. The Kier molecular flexibility index (Phi) is 18.5. The van der Waals surface area contributed by atoms with Gasteiger partial charge in [0, 0.05) is 36.9 Å². The number of aliphatic carboxylic acids is 2. The van der Waals surface area contributed by atoms with E-state index in [0.29, 0.717) is 0 Å². The van der Waals surface area contributed by atoms with Crippen LogP contribution in [0.4, 0.5) is 0 Å². The van der Waals surface area contributed by atoms with Gasteiger partial charge in [-0.15, -0.1) is 0 Å². The predicted molar refractivity (Wildman–Crippen MR) is 113 cm³/mol. The molecule has 0 saturated heterocycles. The van der Waals surface area contributed by atoms with Crippen molar-refractivity contribution in [3.63, 3.8) is 0 Å². The van der Waals surface area contributed by atoms with Gasteiger partial charge in [0.25, 0.3) is 0 Å². The first-order chi connectivity index (χ1) is 12.6. The Morgan fingerprint density at radius 1 is 0.800 bits per heavy atom. The molecule has 0 unspecified atom stereocenters. The van der Waals surface area contributed by atoms with Gasteiger partial charge in [-0.25, -0.2) is 4.98 Å². The molecule has 0 aliphatic carbocycles. The van der Waals surface area contributed by atoms with Crippen molar-refractivity contribution in [2.75, 3.05) is 14.1 Å². The number of nitrogens with zero attached hydrogens (tertiary/aromatic N) is 3. The molecule has 30 heavy (non-hydrogen) atoms. The second kappa shape index (κ2) is 15.7. The van der Waals surface area contributed by atoms with Gasteiger partial charge in [-0.1, -0.05) is 47.6 Å². The van der Waals surface area contributed by atoms with Crippen LogP contribution in [0.25, 0.3) is 0 Å². The van der Waals surface area contributed by atoms with Crippen LogP contribution in [0.1, 0.15) is 66.8 Å². The number of hydrogen-bond acceptors (Lipinski definition) is 7. The summed E-state index contributed by atoms with van der Waals surface area (Å²) in [6.45, 7) is 13.5. The predicted octanol–water partition coefficient (Wildman–Crippen LogP) is 0.697. The Labute approximate surface area is 190 Å². The molecule has 0 aliphatic rings. The number of rotatable bonds is 2. The summed E-state index contributed by atoms with van der Waals surface area (Å²) in [4.78, 5) is 32.5. The average Bonchev–Trinajstić information content (AvgIpc) is 2.59. The van der Waals surface area contributed by atoms with E-state index < -0.39 is 22.8 Å². The summed E-state index contributed by atoms with van der Waals surface area (Å²) in [5, 5.41) is 19.8. The summed E-state index contributed by atoms with van der Waals surface area (Å²) in [5.74, 6) is -2.01. The smallest absolute Gasteiger partial charge is 0.550 e. The Morgan fingerprint density at radius 3 is 1.20 bits per heavy atom. The fourth-order valence-electron chi connectivity index (χ4n) is 1.07. The second-order valence-electron chi connectivity index (χ2n) is 8.10. The summed E-state index contributed by atoms with van der Waals surface area (Å²) < 4.78 is 0. The maximum absolute atomic E-state index is 9.91. The van der Waals surface area contributed by atoms with Gasteiger partial charge < -0.3 is 25.3 Å². The third-order valence-corrected chi connectivity index (χ3v) is 3.39. The zero-order valence-corrected chi connectivity index (χ0v) is 20.6. The number of carboxylic acid groups (broad SMARTS) is 2. The van der Waals surface area contributed by atoms with Crippen LogP contribution in [0, 0.1) is 10.8 Å². The molecule has 0 atom stereocenters. The first-order valence-corrected chi connectivity index (χ1v) is 8.85. The first kappa shape index (κ1) is 35.3. The SMILES string of the molecule is CC(C)(C)C(=O)[O-].CC(C)(C)C(=O)[O-].CN=C(C)c1cccc(C(C)=NC)n1.O.[Co+2]. The van der Waals surface area contributed by atoms with Crippen molar-refractivity contribution >= 4 is 23.4 Å². The van der Waals surface area contributed by atoms with Crippen molar-refractivity contribution in [1.82, 2.24) is 4.98 Å². The summed E-state index contributed by atoms with van der Waals surface area (Å²) in [5.41, 5.74) is 2.31. The minimum atomic E-state index is -1.01. The van der Waals surface area contributed by atoms with Crippen molar-refractivity contribution < 1.29 is 42.1 Å². The molecule has 8 nitrogen and oxygen atoms in total. The molecule has 0 amide bonds. The molecule has 1 aromatic heterocycles. The van der Waals surface area contributed by atoms with E-state index in [2.05, 4.69) is 15.0 Å². The van der Waals surface area contributed by atoms with Crippen LogP contribution < -0.4 is 10.2 Å². The van der Waals surface area contributed by atoms with E-state index in [1.807, 2.05) is 32.0 Å². The number of aliphatic imine (C=N–C) groups is 2. The summed E-state index contributed by atoms with van der Waals surface area (Å²) in [7, 11) is 3.54. The van der Waals surface area contributed by atoms with E-state index in [0.717, 1.165) is 22.8 Å². The van der Waals surface area contributed by atoms with E-state index in [1.54, 1.807) is 55.6 Å². The summed E-state index contributed by atoms with van der Waals surface area (Å²) in [6, 6.07) is 5.88. The normalized spacial score (nSPS) is 11.4. The van der Waals surface area contributed by atoms with E-state index in [4.69, 9.17) is 0 Å². The van der Waals surface area contributed by atoms with Crippen LogP contribution in [0.5, 0.6) is 0 Å². The van der Waals surface area contributed by atoms with Crippen molar-refractivity contribution in [2.45, 2.75) is 55.4 Å². The number of hydrogen-bond donors (Lipinski definition) is 0. The van der Waals surface area contributed by atoms with E-state index in [-0.39, 0.29) is 22.3 Å². The third kappa shape index (κ3) is 15.8. The van der Waals surface area contributed by atoms with Crippen molar-refractivity contribution in [3.05, 3.63) is 29.6 Å². The number of pyridine rings is 1. The summed E-state index contributed by atoms with van der Waals surface area (Å²) in [6.07, 6.45) is 0. The second-order valence-corrected chi connectivity index (χ2v) is 8.10. The maximum Gasteiger partial charge on any atom is 2.00 e. The topological polar surface area (TPSA) is 149 Å². The molecule has 0 aliphatic heterocycles. The van der Waals surface area contributed by atoms with Crippen LogP contribution in [0.15, 0.2) is 28.2 Å². The van der Waals surface area contributed by atoms with Crippen LogP contribution in [0.3, 0.4) is 0 Å². The number of carbonyl (C=O) groups is 2. The Bertz CT molecular complexity index is 661. The quantitative estimate of drug-likeness (QED) is 0.586. The van der Waals surface area contributed by atoms with Gasteiger partial charge in [-0.3, -0.25) is 9.98 Å². The number of carboxylic acids is 2. The molecule has 2 N–H and O–H groups in total. The van der Waals surface area contributed by atoms with Gasteiger partial charge >= 0.3 is 16.8 Å². The van der Waals surface area contributed by atoms with Gasteiger partial charge in [-0.05, 0) is 26.0 Å². The van der Waals surface area contributed by atoms with E-state index >= 15 is 0 Å². The molecule has 1 rings (SSSR count). The molecule has 0 saturated carbocycles. The van der Waals surface area contributed by atoms with E-state index in [1.165, 1.54) is 0 Å². The average molecular weight is 468 g/mol. The monoisotopic (exact) mass is 468 g/mol. The summed E-state index contributed by atoms with van der Waals surface area (Å²) >= 11 is 0. The largest absolute Gasteiger partial charge is 2.00 e. The van der Waals surface area contributed by atoms with Gasteiger partial charge in [0.15, 0.2) is 0 Å². The van der Waals surface area contributed by atoms with Gasteiger partial charge in [0.1, 0.15) is 0 Å². The minimum absolute atomic E-state index is 0. The van der Waals surface area contributed by atoms with Crippen LogP contribution in [-0.2, 0) is 26.4 Å². The molecule has 0 spiro atoms. The van der Waals surface area contributed by atoms with Crippen LogP contribution in [-0.4, -0.2) is 47.9 Å². The molecule has 173 valence electrons. The molecular formula is C21H35CoN3O5. The van der Waals surface area contributed by atoms with E-state index in [9.17, 15) is 19.8 Å². The third-order valence-electron chi connectivity index (χ3n) is 3.39. The van der Waals surface area contributed by atoms with Crippen LogP contribution >= 0.6 is 0 Å². The Hall–Kier alpha value is -2.10.